The zero-order valence-corrected chi connectivity index (χ0v) is 17.1. The molecule has 0 aliphatic rings. The Morgan fingerprint density at radius 3 is 1.19 bits per heavy atom. The molecule has 0 heterocycles. The molecule has 2 atom stereocenters. The van der Waals surface area contributed by atoms with E-state index >= 15 is 0 Å². The van der Waals surface area contributed by atoms with Gasteiger partial charge in [-0.05, 0) is 23.3 Å². The smallest absolute Gasteiger partial charge is 0.287 e. The Labute approximate surface area is 180 Å². The van der Waals surface area contributed by atoms with Crippen LogP contribution >= 0.6 is 7.60 Å². The third kappa shape index (κ3) is 5.79. The molecule has 0 bridgehead atoms. The molecule has 0 N–H and O–H groups in total. The van der Waals surface area contributed by atoms with Crippen molar-refractivity contribution in [2.24, 2.45) is 0 Å². The van der Waals surface area contributed by atoms with Gasteiger partial charge in [0, 0.05) is 0 Å². The summed E-state index contributed by atoms with van der Waals surface area (Å²) in [7, 11) is -5.15. The predicted molar refractivity (Wildman–Crippen MR) is 106 cm³/mol. The molecular formula is C22H17F6O3P. The Kier molecular flexibility index (Phi) is 7.12. The zero-order valence-electron chi connectivity index (χ0n) is 16.3. The molecule has 0 spiro atoms. The monoisotopic (exact) mass is 474 g/mol. The van der Waals surface area contributed by atoms with Crippen LogP contribution in [0, 0.1) is 0 Å². The summed E-state index contributed by atoms with van der Waals surface area (Å²) in [6.07, 6.45) is -15.7. The molecule has 0 radical (unpaired) electrons. The molecule has 0 saturated heterocycles. The van der Waals surface area contributed by atoms with Gasteiger partial charge in [0.05, 0.1) is 5.30 Å². The third-order valence-electron chi connectivity index (χ3n) is 4.36. The van der Waals surface area contributed by atoms with Gasteiger partial charge in [-0.1, -0.05) is 78.9 Å². The van der Waals surface area contributed by atoms with Crippen LogP contribution in [-0.4, -0.2) is 12.4 Å². The lowest BCUT2D eigenvalue weighted by Crippen LogP contribution is -2.28. The molecule has 10 heteroatoms. The van der Waals surface area contributed by atoms with Gasteiger partial charge in [0.25, 0.3) is 0 Å². The minimum absolute atomic E-state index is 0.428. The van der Waals surface area contributed by atoms with Crippen molar-refractivity contribution >= 4 is 12.9 Å². The van der Waals surface area contributed by atoms with Crippen LogP contribution in [-0.2, 0) is 13.6 Å². The topological polar surface area (TPSA) is 35.5 Å². The highest BCUT2D eigenvalue weighted by atomic mass is 31.2. The van der Waals surface area contributed by atoms with E-state index < -0.39 is 48.6 Å². The van der Waals surface area contributed by atoms with E-state index in [-0.39, 0.29) is 0 Å². The van der Waals surface area contributed by atoms with E-state index in [0.29, 0.717) is 0 Å². The molecule has 3 nitrogen and oxygen atoms in total. The number of alkyl halides is 6. The lowest BCUT2D eigenvalue weighted by atomic mass is 10.1. The van der Waals surface area contributed by atoms with E-state index in [1.807, 2.05) is 0 Å². The van der Waals surface area contributed by atoms with Crippen molar-refractivity contribution in [3.05, 3.63) is 102 Å². The Balaban J connectivity index is 2.10. The number of hydrogen-bond donors (Lipinski definition) is 0. The molecule has 0 aliphatic heterocycles. The first-order chi connectivity index (χ1) is 15.0. The van der Waals surface area contributed by atoms with Crippen molar-refractivity contribution in [3.63, 3.8) is 0 Å². The first-order valence-corrected chi connectivity index (χ1v) is 10.8. The number of rotatable bonds is 7. The molecule has 0 aromatic heterocycles. The standard InChI is InChI=1S/C22H17F6O3P/c23-21(24,25)19(16-10-4-1-5-11-16)30-32(29,18-14-8-3-9-15-18)31-20(22(26,27)28)17-12-6-2-7-13-17/h1-15,19-20H/t19-,20-/m0/s1. The van der Waals surface area contributed by atoms with E-state index in [9.17, 15) is 30.9 Å². The van der Waals surface area contributed by atoms with Crippen LogP contribution in [0.1, 0.15) is 23.3 Å². The Morgan fingerprint density at radius 2 is 0.875 bits per heavy atom. The summed E-state index contributed by atoms with van der Waals surface area (Å²) in [6.45, 7) is 0. The first kappa shape index (κ1) is 24.0. The van der Waals surface area contributed by atoms with E-state index in [1.54, 1.807) is 0 Å². The Bertz CT molecular complexity index is 977. The Morgan fingerprint density at radius 1 is 0.562 bits per heavy atom. The van der Waals surface area contributed by atoms with Crippen LogP contribution < -0.4 is 5.30 Å². The highest BCUT2D eigenvalue weighted by Gasteiger charge is 2.51. The van der Waals surface area contributed by atoms with Crippen molar-refractivity contribution in [1.29, 1.82) is 0 Å². The zero-order chi connectivity index (χ0) is 23.4. The second kappa shape index (κ2) is 9.48. The van der Waals surface area contributed by atoms with Crippen LogP contribution in [0.15, 0.2) is 91.0 Å². The fourth-order valence-corrected chi connectivity index (χ4v) is 4.78. The number of halogens is 6. The summed E-state index contributed by atoms with van der Waals surface area (Å²) >= 11 is 0. The normalized spacial score (nSPS) is 14.7. The highest BCUT2D eigenvalue weighted by molar-refractivity contribution is 7.62. The molecule has 0 saturated carbocycles. The van der Waals surface area contributed by atoms with Crippen LogP contribution in [0.5, 0.6) is 0 Å². The average molecular weight is 474 g/mol. The molecule has 170 valence electrons. The largest absolute Gasteiger partial charge is 0.419 e. The maximum atomic E-state index is 13.8. The summed E-state index contributed by atoms with van der Waals surface area (Å²) in [5.74, 6) is 0. The minimum Gasteiger partial charge on any atom is -0.287 e. The van der Waals surface area contributed by atoms with Gasteiger partial charge in [-0.15, -0.1) is 0 Å². The Hall–Kier alpha value is -2.61. The van der Waals surface area contributed by atoms with Crippen LogP contribution in [0.4, 0.5) is 26.3 Å². The van der Waals surface area contributed by atoms with E-state index in [4.69, 9.17) is 9.05 Å². The summed E-state index contributed by atoms with van der Waals surface area (Å²) in [5.41, 5.74) is -0.856. The average Bonchev–Trinajstić information content (AvgIpc) is 2.76. The van der Waals surface area contributed by atoms with E-state index in [1.165, 1.54) is 54.6 Å². The fraction of sp³-hybridized carbons (Fsp3) is 0.182. The SMILES string of the molecule is O=P(O[C@@H](c1ccccc1)C(F)(F)F)(O[C@@H](c1ccccc1)C(F)(F)F)c1ccccc1. The highest BCUT2D eigenvalue weighted by Crippen LogP contribution is 2.59. The quantitative estimate of drug-likeness (QED) is 0.270. The van der Waals surface area contributed by atoms with Crippen LogP contribution in [0.2, 0.25) is 0 Å². The molecule has 0 aliphatic carbocycles. The maximum Gasteiger partial charge on any atom is 0.419 e. The number of hydrogen-bond acceptors (Lipinski definition) is 3. The van der Waals surface area contributed by atoms with Gasteiger partial charge in [-0.25, -0.2) is 0 Å². The van der Waals surface area contributed by atoms with Gasteiger partial charge in [0.2, 0.25) is 0 Å². The number of benzene rings is 3. The van der Waals surface area contributed by atoms with Gasteiger partial charge in [-0.3, -0.25) is 13.6 Å². The minimum atomic E-state index is -5.15. The second-order valence-corrected chi connectivity index (χ2v) is 8.64. The van der Waals surface area contributed by atoms with Crippen molar-refractivity contribution in [2.45, 2.75) is 24.6 Å². The van der Waals surface area contributed by atoms with Crippen LogP contribution in [0.3, 0.4) is 0 Å². The van der Waals surface area contributed by atoms with E-state index in [0.717, 1.165) is 36.4 Å². The molecule has 0 fully saturated rings. The first-order valence-electron chi connectivity index (χ1n) is 9.26. The second-order valence-electron chi connectivity index (χ2n) is 6.71. The molecule has 3 aromatic rings. The van der Waals surface area contributed by atoms with Crippen LogP contribution in [0.25, 0.3) is 0 Å². The van der Waals surface area contributed by atoms with Gasteiger partial charge in [0.1, 0.15) is 0 Å². The van der Waals surface area contributed by atoms with Crippen molar-refractivity contribution in [2.75, 3.05) is 0 Å². The molecule has 3 aromatic carbocycles. The van der Waals surface area contributed by atoms with Crippen molar-refractivity contribution < 1.29 is 40.0 Å². The van der Waals surface area contributed by atoms with E-state index in [2.05, 4.69) is 0 Å². The molecule has 0 unspecified atom stereocenters. The van der Waals surface area contributed by atoms with Crippen molar-refractivity contribution in [1.82, 2.24) is 0 Å². The summed E-state index contributed by atoms with van der Waals surface area (Å²) < 4.78 is 106. The van der Waals surface area contributed by atoms with Gasteiger partial charge < -0.3 is 0 Å². The van der Waals surface area contributed by atoms with Crippen molar-refractivity contribution in [3.8, 4) is 0 Å². The molecule has 3 rings (SSSR count). The summed E-state index contributed by atoms with van der Waals surface area (Å²) in [6, 6.07) is 18.7. The van der Waals surface area contributed by atoms with Gasteiger partial charge >= 0.3 is 19.9 Å². The van der Waals surface area contributed by atoms with Gasteiger partial charge in [-0.2, -0.15) is 26.3 Å². The fourth-order valence-electron chi connectivity index (χ4n) is 2.91. The predicted octanol–water partition coefficient (Wildman–Crippen LogP) is 7.15. The lowest BCUT2D eigenvalue weighted by Gasteiger charge is -2.30. The lowest BCUT2D eigenvalue weighted by molar-refractivity contribution is -0.213. The van der Waals surface area contributed by atoms with Gasteiger partial charge in [0.15, 0.2) is 12.2 Å². The summed E-state index contributed by atoms with van der Waals surface area (Å²) in [4.78, 5) is 0. The maximum absolute atomic E-state index is 13.8. The molecule has 0 amide bonds. The third-order valence-corrected chi connectivity index (χ3v) is 6.27. The molecule has 32 heavy (non-hydrogen) atoms. The molecular weight excluding hydrogens is 457 g/mol. The summed E-state index contributed by atoms with van der Waals surface area (Å²) in [5, 5.41) is -0.435.